The van der Waals surface area contributed by atoms with E-state index in [2.05, 4.69) is 32.8 Å². The standard InChI is InChI=1S/C18H19FN4O2S/c1-2-3-4-8-16(24)20-11-15-12-26-18(22-15)23-17(25)21-10-13-6-5-7-14(19)9-13/h5-7,9,12H,4,8,10-11H2,1H3,(H,20,24)(H2,21,22,23,25). The van der Waals surface area contributed by atoms with Gasteiger partial charge in [0.25, 0.3) is 0 Å². The van der Waals surface area contributed by atoms with Crippen molar-refractivity contribution in [1.82, 2.24) is 15.6 Å². The molecule has 0 unspecified atom stereocenters. The van der Waals surface area contributed by atoms with Crippen molar-refractivity contribution in [3.05, 3.63) is 46.7 Å². The molecule has 0 radical (unpaired) electrons. The average molecular weight is 374 g/mol. The quantitative estimate of drug-likeness (QED) is 0.652. The number of benzene rings is 1. The molecular formula is C18H19FN4O2S. The van der Waals surface area contributed by atoms with Gasteiger partial charge in [-0.1, -0.05) is 12.1 Å². The van der Waals surface area contributed by atoms with Crippen LogP contribution in [-0.4, -0.2) is 16.9 Å². The summed E-state index contributed by atoms with van der Waals surface area (Å²) >= 11 is 1.26. The summed E-state index contributed by atoms with van der Waals surface area (Å²) < 4.78 is 13.1. The summed E-state index contributed by atoms with van der Waals surface area (Å²) in [6, 6.07) is 5.57. The van der Waals surface area contributed by atoms with E-state index < -0.39 is 6.03 Å². The van der Waals surface area contributed by atoms with Crippen molar-refractivity contribution in [3.8, 4) is 11.8 Å². The van der Waals surface area contributed by atoms with Crippen LogP contribution in [0.2, 0.25) is 0 Å². The van der Waals surface area contributed by atoms with Crippen molar-refractivity contribution >= 4 is 28.4 Å². The molecule has 0 saturated carbocycles. The molecule has 136 valence electrons. The molecule has 8 heteroatoms. The van der Waals surface area contributed by atoms with Crippen molar-refractivity contribution < 1.29 is 14.0 Å². The third-order valence-electron chi connectivity index (χ3n) is 3.23. The molecule has 1 heterocycles. The molecule has 3 amide bonds. The molecule has 1 aromatic carbocycles. The van der Waals surface area contributed by atoms with Crippen LogP contribution in [0, 0.1) is 17.7 Å². The lowest BCUT2D eigenvalue weighted by atomic mass is 10.2. The number of nitrogens with one attached hydrogen (secondary N) is 3. The van der Waals surface area contributed by atoms with E-state index in [0.717, 1.165) is 0 Å². The van der Waals surface area contributed by atoms with Gasteiger partial charge in [0.05, 0.1) is 12.2 Å². The molecule has 0 bridgehead atoms. The topological polar surface area (TPSA) is 83.1 Å². The van der Waals surface area contributed by atoms with Gasteiger partial charge in [-0.05, 0) is 24.6 Å². The van der Waals surface area contributed by atoms with Crippen molar-refractivity contribution in [1.29, 1.82) is 0 Å². The first-order valence-corrected chi connectivity index (χ1v) is 8.85. The Bertz CT molecular complexity index is 826. The van der Waals surface area contributed by atoms with Crippen LogP contribution in [-0.2, 0) is 17.9 Å². The Balaban J connectivity index is 1.73. The second kappa shape index (κ2) is 10.2. The zero-order valence-electron chi connectivity index (χ0n) is 14.3. The van der Waals surface area contributed by atoms with Crippen LogP contribution in [0.15, 0.2) is 29.6 Å². The van der Waals surface area contributed by atoms with Crippen LogP contribution in [0.5, 0.6) is 0 Å². The molecule has 0 aliphatic heterocycles. The highest BCUT2D eigenvalue weighted by molar-refractivity contribution is 7.13. The van der Waals surface area contributed by atoms with Gasteiger partial charge in [-0.2, -0.15) is 0 Å². The largest absolute Gasteiger partial charge is 0.350 e. The fourth-order valence-corrected chi connectivity index (χ4v) is 2.70. The Labute approximate surface area is 155 Å². The predicted octanol–water partition coefficient (Wildman–Crippen LogP) is 3.02. The molecule has 0 aliphatic carbocycles. The van der Waals surface area contributed by atoms with Gasteiger partial charge in [-0.3, -0.25) is 10.1 Å². The van der Waals surface area contributed by atoms with Gasteiger partial charge in [-0.15, -0.1) is 23.2 Å². The summed E-state index contributed by atoms with van der Waals surface area (Å²) in [5.41, 5.74) is 1.32. The summed E-state index contributed by atoms with van der Waals surface area (Å²) in [5, 5.41) is 10.2. The summed E-state index contributed by atoms with van der Waals surface area (Å²) in [5.74, 6) is 5.12. The lowest BCUT2D eigenvalue weighted by Crippen LogP contribution is -2.28. The molecule has 0 spiro atoms. The van der Waals surface area contributed by atoms with E-state index in [1.165, 1.54) is 23.5 Å². The van der Waals surface area contributed by atoms with Crippen LogP contribution in [0.4, 0.5) is 14.3 Å². The van der Waals surface area contributed by atoms with E-state index in [1.54, 1.807) is 24.4 Å². The molecule has 0 atom stereocenters. The summed E-state index contributed by atoms with van der Waals surface area (Å²) in [7, 11) is 0. The molecule has 0 aliphatic rings. The van der Waals surface area contributed by atoms with E-state index in [4.69, 9.17) is 0 Å². The molecule has 0 fully saturated rings. The minimum atomic E-state index is -0.433. The fourth-order valence-electron chi connectivity index (χ4n) is 1.99. The molecule has 2 aromatic rings. The van der Waals surface area contributed by atoms with Gasteiger partial charge in [0.2, 0.25) is 5.91 Å². The van der Waals surface area contributed by atoms with Crippen LogP contribution in [0.3, 0.4) is 0 Å². The molecule has 26 heavy (non-hydrogen) atoms. The number of anilines is 1. The number of rotatable bonds is 7. The fraction of sp³-hybridized carbons (Fsp3) is 0.278. The summed E-state index contributed by atoms with van der Waals surface area (Å²) in [6.45, 7) is 2.23. The number of hydrogen-bond acceptors (Lipinski definition) is 4. The van der Waals surface area contributed by atoms with Gasteiger partial charge in [0.1, 0.15) is 5.82 Å². The van der Waals surface area contributed by atoms with Crippen LogP contribution >= 0.6 is 11.3 Å². The summed E-state index contributed by atoms with van der Waals surface area (Å²) in [6.07, 6.45) is 0.871. The van der Waals surface area contributed by atoms with Crippen molar-refractivity contribution in [2.75, 3.05) is 5.32 Å². The second-order valence-electron chi connectivity index (χ2n) is 5.29. The Morgan fingerprint density at radius 2 is 2.12 bits per heavy atom. The zero-order chi connectivity index (χ0) is 18.8. The van der Waals surface area contributed by atoms with Gasteiger partial charge >= 0.3 is 6.03 Å². The van der Waals surface area contributed by atoms with Gasteiger partial charge in [0.15, 0.2) is 5.13 Å². The Kier molecular flexibility index (Phi) is 7.58. The van der Waals surface area contributed by atoms with Gasteiger partial charge in [-0.25, -0.2) is 14.2 Å². The third-order valence-corrected chi connectivity index (χ3v) is 4.04. The highest BCUT2D eigenvalue weighted by Gasteiger charge is 2.08. The van der Waals surface area contributed by atoms with Crippen LogP contribution in [0.1, 0.15) is 31.0 Å². The van der Waals surface area contributed by atoms with Crippen molar-refractivity contribution in [2.24, 2.45) is 0 Å². The molecule has 6 nitrogen and oxygen atoms in total. The lowest BCUT2D eigenvalue weighted by Gasteiger charge is -2.05. The maximum Gasteiger partial charge on any atom is 0.321 e. The maximum absolute atomic E-state index is 13.1. The van der Waals surface area contributed by atoms with E-state index >= 15 is 0 Å². The molecule has 1 aromatic heterocycles. The van der Waals surface area contributed by atoms with E-state index in [-0.39, 0.29) is 18.3 Å². The predicted molar refractivity (Wildman–Crippen MR) is 98.9 cm³/mol. The van der Waals surface area contributed by atoms with Gasteiger partial charge in [0, 0.05) is 24.8 Å². The first-order valence-electron chi connectivity index (χ1n) is 7.97. The molecular weight excluding hydrogens is 355 g/mol. The highest BCUT2D eigenvalue weighted by atomic mass is 32.1. The minimum absolute atomic E-state index is 0.0944. The first-order chi connectivity index (χ1) is 12.6. The molecule has 2 rings (SSSR count). The Morgan fingerprint density at radius 3 is 2.88 bits per heavy atom. The van der Waals surface area contributed by atoms with E-state index in [9.17, 15) is 14.0 Å². The lowest BCUT2D eigenvalue weighted by molar-refractivity contribution is -0.121. The third kappa shape index (κ3) is 6.91. The monoisotopic (exact) mass is 374 g/mol. The number of aromatic nitrogens is 1. The SMILES string of the molecule is CC#CCCC(=O)NCc1csc(NC(=O)NCc2cccc(F)c2)n1. The van der Waals surface area contributed by atoms with Crippen molar-refractivity contribution in [2.45, 2.75) is 32.9 Å². The number of amides is 3. The number of urea groups is 1. The second-order valence-corrected chi connectivity index (χ2v) is 6.14. The number of carbonyl (C=O) groups excluding carboxylic acids is 2. The number of carbonyl (C=O) groups is 2. The normalized spacial score (nSPS) is 9.77. The number of thiazole rings is 1. The molecule has 0 saturated heterocycles. The minimum Gasteiger partial charge on any atom is -0.350 e. The van der Waals surface area contributed by atoms with Crippen molar-refractivity contribution in [3.63, 3.8) is 0 Å². The Morgan fingerprint density at radius 1 is 1.27 bits per heavy atom. The van der Waals surface area contributed by atoms with Crippen LogP contribution in [0.25, 0.3) is 0 Å². The zero-order valence-corrected chi connectivity index (χ0v) is 15.1. The molecule has 3 N–H and O–H groups in total. The number of hydrogen-bond donors (Lipinski definition) is 3. The van der Waals surface area contributed by atoms with Gasteiger partial charge < -0.3 is 10.6 Å². The first kappa shape index (κ1) is 19.4. The van der Waals surface area contributed by atoms with Crippen LogP contribution < -0.4 is 16.0 Å². The number of nitrogens with zero attached hydrogens (tertiary/aromatic N) is 1. The number of halogens is 1. The summed E-state index contributed by atoms with van der Waals surface area (Å²) in [4.78, 5) is 27.7. The Hall–Kier alpha value is -2.92. The smallest absolute Gasteiger partial charge is 0.321 e. The highest BCUT2D eigenvalue weighted by Crippen LogP contribution is 2.15. The average Bonchev–Trinajstić information content (AvgIpc) is 3.06. The maximum atomic E-state index is 13.1. The van der Waals surface area contributed by atoms with E-state index in [1.807, 2.05) is 0 Å². The van der Waals surface area contributed by atoms with E-state index in [0.29, 0.717) is 35.8 Å².